The lowest BCUT2D eigenvalue weighted by atomic mass is 10.1. The lowest BCUT2D eigenvalue weighted by Crippen LogP contribution is -2.21. The van der Waals surface area contributed by atoms with Crippen molar-refractivity contribution in [1.29, 1.82) is 0 Å². The van der Waals surface area contributed by atoms with Crippen molar-refractivity contribution in [3.63, 3.8) is 0 Å². The van der Waals surface area contributed by atoms with Crippen LogP contribution < -0.4 is 5.11 Å². The molecule has 0 unspecified atom stereocenters. The SMILES string of the molecule is CCCCCCCCCCC/C=C\C/C=C\CCCC(=O)[O-]. The second-order valence-electron chi connectivity index (χ2n) is 6.06. The van der Waals surface area contributed by atoms with E-state index in [2.05, 4.69) is 31.2 Å². The summed E-state index contributed by atoms with van der Waals surface area (Å²) in [6.45, 7) is 2.26. The summed E-state index contributed by atoms with van der Waals surface area (Å²) in [6, 6.07) is 0. The van der Waals surface area contributed by atoms with Gasteiger partial charge in [0.25, 0.3) is 0 Å². The van der Waals surface area contributed by atoms with Gasteiger partial charge in [0.05, 0.1) is 0 Å². The third kappa shape index (κ3) is 18.9. The van der Waals surface area contributed by atoms with Gasteiger partial charge in [0.15, 0.2) is 0 Å². The number of carbonyl (C=O) groups excluding carboxylic acids is 1. The second kappa shape index (κ2) is 18.0. The largest absolute Gasteiger partial charge is 0.550 e. The fraction of sp³-hybridized carbons (Fsp3) is 0.750. The van der Waals surface area contributed by atoms with Crippen LogP contribution in [0.1, 0.15) is 96.8 Å². The Labute approximate surface area is 137 Å². The normalized spacial score (nSPS) is 11.7. The minimum atomic E-state index is -0.950. The van der Waals surface area contributed by atoms with Crippen LogP contribution in [0.4, 0.5) is 0 Å². The first kappa shape index (κ1) is 20.9. The number of hydrogen-bond donors (Lipinski definition) is 0. The molecule has 0 atom stereocenters. The molecule has 0 aliphatic rings. The van der Waals surface area contributed by atoms with E-state index in [4.69, 9.17) is 0 Å². The Morgan fingerprint density at radius 3 is 1.77 bits per heavy atom. The van der Waals surface area contributed by atoms with Crippen molar-refractivity contribution in [2.24, 2.45) is 0 Å². The van der Waals surface area contributed by atoms with Crippen molar-refractivity contribution in [3.05, 3.63) is 24.3 Å². The highest BCUT2D eigenvalue weighted by atomic mass is 16.4. The molecule has 0 aromatic heterocycles. The van der Waals surface area contributed by atoms with E-state index in [0.29, 0.717) is 6.42 Å². The molecule has 2 nitrogen and oxygen atoms in total. The molecule has 0 amide bonds. The molecule has 0 bridgehead atoms. The average Bonchev–Trinajstić information content (AvgIpc) is 2.50. The zero-order valence-electron chi connectivity index (χ0n) is 14.5. The highest BCUT2D eigenvalue weighted by Gasteiger charge is 1.91. The molecule has 0 radical (unpaired) electrons. The molecule has 0 saturated heterocycles. The first-order chi connectivity index (χ1) is 10.8. The van der Waals surface area contributed by atoms with Crippen LogP contribution in [0.5, 0.6) is 0 Å². The average molecular weight is 307 g/mol. The maximum absolute atomic E-state index is 10.2. The molecule has 0 N–H and O–H groups in total. The molecular formula is C20H35O2-. The van der Waals surface area contributed by atoms with Crippen LogP contribution >= 0.6 is 0 Å². The summed E-state index contributed by atoms with van der Waals surface area (Å²) in [4.78, 5) is 10.2. The molecule has 128 valence electrons. The topological polar surface area (TPSA) is 40.1 Å². The van der Waals surface area contributed by atoms with Crippen molar-refractivity contribution < 1.29 is 9.90 Å². The first-order valence-electron chi connectivity index (χ1n) is 9.27. The minimum absolute atomic E-state index is 0.165. The quantitative estimate of drug-likeness (QED) is 0.285. The van der Waals surface area contributed by atoms with Crippen molar-refractivity contribution in [2.75, 3.05) is 0 Å². The molecule has 0 fully saturated rings. The summed E-state index contributed by atoms with van der Waals surface area (Å²) < 4.78 is 0. The Morgan fingerprint density at radius 1 is 0.727 bits per heavy atom. The number of carboxylic acid groups (broad SMARTS) is 1. The van der Waals surface area contributed by atoms with Crippen LogP contribution in [0.3, 0.4) is 0 Å². The van der Waals surface area contributed by atoms with Gasteiger partial charge >= 0.3 is 0 Å². The molecule has 0 spiro atoms. The molecule has 0 aromatic rings. The van der Waals surface area contributed by atoms with Crippen LogP contribution in [0.15, 0.2) is 24.3 Å². The van der Waals surface area contributed by atoms with Gasteiger partial charge in [0.1, 0.15) is 0 Å². The van der Waals surface area contributed by atoms with E-state index < -0.39 is 5.97 Å². The number of unbranched alkanes of at least 4 members (excludes halogenated alkanes) is 10. The summed E-state index contributed by atoms with van der Waals surface area (Å²) in [6.07, 6.45) is 24.9. The molecule has 22 heavy (non-hydrogen) atoms. The monoisotopic (exact) mass is 307 g/mol. The summed E-state index contributed by atoms with van der Waals surface area (Å²) in [5, 5.41) is 10.2. The van der Waals surface area contributed by atoms with E-state index in [1.807, 2.05) is 0 Å². The molecular weight excluding hydrogens is 272 g/mol. The summed E-state index contributed by atoms with van der Waals surface area (Å²) in [7, 11) is 0. The van der Waals surface area contributed by atoms with E-state index in [1.165, 1.54) is 64.2 Å². The fourth-order valence-corrected chi connectivity index (χ4v) is 2.44. The van der Waals surface area contributed by atoms with Crippen LogP contribution in [0.2, 0.25) is 0 Å². The van der Waals surface area contributed by atoms with Gasteiger partial charge in [-0.2, -0.15) is 0 Å². The van der Waals surface area contributed by atoms with E-state index in [0.717, 1.165) is 12.8 Å². The van der Waals surface area contributed by atoms with Crippen molar-refractivity contribution in [1.82, 2.24) is 0 Å². The number of carboxylic acids is 1. The Bertz CT molecular complexity index is 292. The molecule has 0 aliphatic heterocycles. The third-order valence-corrected chi connectivity index (χ3v) is 3.83. The van der Waals surface area contributed by atoms with Crippen LogP contribution in [0.25, 0.3) is 0 Å². The number of hydrogen-bond acceptors (Lipinski definition) is 2. The van der Waals surface area contributed by atoms with Gasteiger partial charge in [0, 0.05) is 5.97 Å². The maximum atomic E-state index is 10.2. The molecule has 2 heteroatoms. The van der Waals surface area contributed by atoms with Gasteiger partial charge in [-0.15, -0.1) is 0 Å². The zero-order chi connectivity index (χ0) is 16.3. The van der Waals surface area contributed by atoms with Crippen LogP contribution in [-0.2, 0) is 4.79 Å². The molecule has 0 heterocycles. The summed E-state index contributed by atoms with van der Waals surface area (Å²) in [5.41, 5.74) is 0. The predicted octanol–water partition coefficient (Wildman–Crippen LogP) is 5.33. The first-order valence-corrected chi connectivity index (χ1v) is 9.27. The smallest absolute Gasteiger partial charge is 0.0414 e. The lowest BCUT2D eigenvalue weighted by molar-refractivity contribution is -0.305. The van der Waals surface area contributed by atoms with E-state index in [9.17, 15) is 9.90 Å². The predicted molar refractivity (Wildman–Crippen MR) is 93.6 cm³/mol. The van der Waals surface area contributed by atoms with Gasteiger partial charge in [-0.3, -0.25) is 0 Å². The van der Waals surface area contributed by atoms with Crippen LogP contribution in [-0.4, -0.2) is 5.97 Å². The Hall–Kier alpha value is -1.05. The molecule has 0 aliphatic carbocycles. The van der Waals surface area contributed by atoms with Gasteiger partial charge < -0.3 is 9.90 Å². The number of carbonyl (C=O) groups is 1. The van der Waals surface area contributed by atoms with Gasteiger partial charge in [-0.05, 0) is 38.5 Å². The van der Waals surface area contributed by atoms with E-state index in [-0.39, 0.29) is 6.42 Å². The second-order valence-corrected chi connectivity index (χ2v) is 6.06. The van der Waals surface area contributed by atoms with E-state index in [1.54, 1.807) is 0 Å². The lowest BCUT2D eigenvalue weighted by Gasteiger charge is -2.00. The highest BCUT2D eigenvalue weighted by Crippen LogP contribution is 2.10. The molecule has 0 aromatic carbocycles. The summed E-state index contributed by atoms with van der Waals surface area (Å²) in [5.74, 6) is -0.950. The number of rotatable bonds is 16. The highest BCUT2D eigenvalue weighted by molar-refractivity contribution is 5.64. The minimum Gasteiger partial charge on any atom is -0.550 e. The fourth-order valence-electron chi connectivity index (χ4n) is 2.44. The van der Waals surface area contributed by atoms with Crippen molar-refractivity contribution >= 4 is 5.97 Å². The molecule has 0 rings (SSSR count). The van der Waals surface area contributed by atoms with Crippen LogP contribution in [0, 0.1) is 0 Å². The summed E-state index contributed by atoms with van der Waals surface area (Å²) >= 11 is 0. The zero-order valence-corrected chi connectivity index (χ0v) is 14.5. The van der Waals surface area contributed by atoms with Gasteiger partial charge in [-0.1, -0.05) is 82.6 Å². The Morgan fingerprint density at radius 2 is 1.23 bits per heavy atom. The Balaban J connectivity index is 3.17. The van der Waals surface area contributed by atoms with Gasteiger partial charge in [-0.25, -0.2) is 0 Å². The Kier molecular flexibility index (Phi) is 17.1. The maximum Gasteiger partial charge on any atom is 0.0414 e. The third-order valence-electron chi connectivity index (χ3n) is 3.83. The number of aliphatic carboxylic acids is 1. The number of allylic oxidation sites excluding steroid dienone is 4. The standard InChI is InChI=1S/C20H36O2/c1-2-3-4-5-6-7-8-9-10-11-12-13-14-15-16-17-18-19-20(21)22/h12-13,15-16H,2-11,14,17-19H2,1H3,(H,21,22)/p-1/b13-12-,16-15-. The van der Waals surface area contributed by atoms with Gasteiger partial charge in [0.2, 0.25) is 0 Å². The van der Waals surface area contributed by atoms with Crippen molar-refractivity contribution in [2.45, 2.75) is 96.8 Å². The molecule has 0 saturated carbocycles. The van der Waals surface area contributed by atoms with E-state index >= 15 is 0 Å². The van der Waals surface area contributed by atoms with Crippen molar-refractivity contribution in [3.8, 4) is 0 Å².